The molecule has 2 aliphatic carbocycles. The van der Waals surface area contributed by atoms with Gasteiger partial charge in [0.25, 0.3) is 0 Å². The van der Waals surface area contributed by atoms with E-state index in [0.717, 1.165) is 32.3 Å². The van der Waals surface area contributed by atoms with Crippen LogP contribution < -0.4 is 0 Å². The molecule has 0 aromatic rings. The standard InChI is InChI=1S/C18H34O4Si/c1-17(2,3)23(4,5)22-12-16-15-7-6-14(19)10-13(15)11-18(16)20-8-9-21-18/h13-16,19H,6-12H2,1-5H3/t13-,14?,15-,16+/m1/s1. The van der Waals surface area contributed by atoms with Gasteiger partial charge in [0.1, 0.15) is 0 Å². The lowest BCUT2D eigenvalue weighted by atomic mass is 9.77. The van der Waals surface area contributed by atoms with Gasteiger partial charge < -0.3 is 19.0 Å². The van der Waals surface area contributed by atoms with E-state index in [4.69, 9.17) is 13.9 Å². The van der Waals surface area contributed by atoms with Crippen LogP contribution in [0.25, 0.3) is 0 Å². The van der Waals surface area contributed by atoms with Gasteiger partial charge in [-0.15, -0.1) is 0 Å². The van der Waals surface area contributed by atoms with Crippen molar-refractivity contribution >= 4 is 8.32 Å². The highest BCUT2D eigenvalue weighted by molar-refractivity contribution is 6.74. The van der Waals surface area contributed by atoms with Crippen LogP contribution in [0.4, 0.5) is 0 Å². The zero-order chi connectivity index (χ0) is 16.9. The molecule has 1 spiro atoms. The fourth-order valence-corrected chi connectivity index (χ4v) is 5.47. The molecule has 3 aliphatic rings. The van der Waals surface area contributed by atoms with Crippen LogP contribution in [0.1, 0.15) is 46.5 Å². The summed E-state index contributed by atoms with van der Waals surface area (Å²) in [5.74, 6) is 0.963. The summed E-state index contributed by atoms with van der Waals surface area (Å²) in [5.41, 5.74) is 0. The molecule has 1 heterocycles. The maximum absolute atomic E-state index is 10.0. The number of aliphatic hydroxyl groups is 1. The van der Waals surface area contributed by atoms with Crippen molar-refractivity contribution in [3.05, 3.63) is 0 Å². The Labute approximate surface area is 142 Å². The van der Waals surface area contributed by atoms with Crippen LogP contribution in [0.15, 0.2) is 0 Å². The number of ether oxygens (including phenoxy) is 2. The number of aliphatic hydroxyl groups excluding tert-OH is 1. The van der Waals surface area contributed by atoms with E-state index >= 15 is 0 Å². The highest BCUT2D eigenvalue weighted by Gasteiger charge is 2.58. The molecule has 0 bridgehead atoms. The Balaban J connectivity index is 1.75. The minimum Gasteiger partial charge on any atom is -0.416 e. The maximum atomic E-state index is 10.0. The molecule has 0 aromatic carbocycles. The molecule has 0 radical (unpaired) electrons. The molecule has 4 atom stereocenters. The molecule has 3 rings (SSSR count). The van der Waals surface area contributed by atoms with E-state index < -0.39 is 14.1 Å². The van der Waals surface area contributed by atoms with E-state index in [-0.39, 0.29) is 11.1 Å². The van der Waals surface area contributed by atoms with Crippen LogP contribution in [-0.4, -0.2) is 45.1 Å². The van der Waals surface area contributed by atoms with Crippen LogP contribution in [0, 0.1) is 17.8 Å². The number of hydrogen-bond acceptors (Lipinski definition) is 4. The van der Waals surface area contributed by atoms with Gasteiger partial charge in [0.05, 0.1) is 19.3 Å². The smallest absolute Gasteiger partial charge is 0.191 e. The van der Waals surface area contributed by atoms with Crippen molar-refractivity contribution in [1.29, 1.82) is 0 Å². The molecule has 1 aliphatic heterocycles. The molecule has 1 unspecified atom stereocenters. The molecule has 23 heavy (non-hydrogen) atoms. The Morgan fingerprint density at radius 2 is 1.83 bits per heavy atom. The van der Waals surface area contributed by atoms with Crippen LogP contribution in [-0.2, 0) is 13.9 Å². The normalized spacial score (nSPS) is 37.3. The Kier molecular flexibility index (Phi) is 4.73. The van der Waals surface area contributed by atoms with Gasteiger partial charge in [-0.1, -0.05) is 20.8 Å². The van der Waals surface area contributed by atoms with Crippen LogP contribution in [0.3, 0.4) is 0 Å². The summed E-state index contributed by atoms with van der Waals surface area (Å²) in [5, 5.41) is 10.3. The zero-order valence-electron chi connectivity index (χ0n) is 15.4. The van der Waals surface area contributed by atoms with E-state index in [2.05, 4.69) is 33.9 Å². The molecule has 4 nitrogen and oxygen atoms in total. The fourth-order valence-electron chi connectivity index (χ4n) is 4.44. The van der Waals surface area contributed by atoms with E-state index in [1.807, 2.05) is 0 Å². The summed E-state index contributed by atoms with van der Waals surface area (Å²) in [6.45, 7) is 13.6. The zero-order valence-corrected chi connectivity index (χ0v) is 16.4. The van der Waals surface area contributed by atoms with Crippen molar-refractivity contribution in [2.24, 2.45) is 17.8 Å². The van der Waals surface area contributed by atoms with Crippen molar-refractivity contribution in [2.45, 2.75) is 76.5 Å². The number of rotatable bonds is 3. The molecule has 0 aromatic heterocycles. The first kappa shape index (κ1) is 17.9. The minimum absolute atomic E-state index is 0.144. The lowest BCUT2D eigenvalue weighted by molar-refractivity contribution is -0.193. The lowest BCUT2D eigenvalue weighted by Gasteiger charge is -2.40. The Bertz CT molecular complexity index is 425. The molecule has 1 N–H and O–H groups in total. The lowest BCUT2D eigenvalue weighted by Crippen LogP contribution is -2.46. The van der Waals surface area contributed by atoms with E-state index in [9.17, 15) is 5.11 Å². The summed E-state index contributed by atoms with van der Waals surface area (Å²) in [4.78, 5) is 0. The van der Waals surface area contributed by atoms with Gasteiger partial charge in [0.2, 0.25) is 0 Å². The first-order valence-electron chi connectivity index (χ1n) is 9.24. The summed E-state index contributed by atoms with van der Waals surface area (Å²) in [6, 6.07) is 0. The van der Waals surface area contributed by atoms with E-state index in [0.29, 0.717) is 31.0 Å². The number of hydrogen-bond donors (Lipinski definition) is 1. The fraction of sp³-hybridized carbons (Fsp3) is 1.00. The molecule has 3 fully saturated rings. The highest BCUT2D eigenvalue weighted by atomic mass is 28.4. The third-order valence-electron chi connectivity index (χ3n) is 6.85. The predicted octanol–water partition coefficient (Wildman–Crippen LogP) is 3.55. The summed E-state index contributed by atoms with van der Waals surface area (Å²) >= 11 is 0. The second-order valence-corrected chi connectivity index (χ2v) is 14.1. The molecule has 5 heteroatoms. The van der Waals surface area contributed by atoms with Crippen molar-refractivity contribution in [3.63, 3.8) is 0 Å². The predicted molar refractivity (Wildman–Crippen MR) is 92.7 cm³/mol. The first-order valence-corrected chi connectivity index (χ1v) is 12.2. The molecular weight excluding hydrogens is 308 g/mol. The van der Waals surface area contributed by atoms with Gasteiger partial charge in [0.15, 0.2) is 14.1 Å². The molecule has 2 saturated carbocycles. The second kappa shape index (κ2) is 6.10. The average molecular weight is 343 g/mol. The highest BCUT2D eigenvalue weighted by Crippen LogP contribution is 2.55. The largest absolute Gasteiger partial charge is 0.416 e. The van der Waals surface area contributed by atoms with Gasteiger partial charge in [-0.25, -0.2) is 0 Å². The Morgan fingerprint density at radius 3 is 2.43 bits per heavy atom. The van der Waals surface area contributed by atoms with Crippen molar-refractivity contribution in [3.8, 4) is 0 Å². The summed E-state index contributed by atoms with van der Waals surface area (Å²) in [7, 11) is -1.77. The molecule has 1 saturated heterocycles. The monoisotopic (exact) mass is 342 g/mol. The SMILES string of the molecule is CC(C)(C)[Si](C)(C)OC[C@H]1[C@@H]2CCC(O)C[C@@H]2CC12OCCO2. The molecule has 134 valence electrons. The maximum Gasteiger partial charge on any atom is 0.191 e. The van der Waals surface area contributed by atoms with Gasteiger partial charge in [0, 0.05) is 18.9 Å². The van der Waals surface area contributed by atoms with Gasteiger partial charge in [-0.3, -0.25) is 0 Å². The third-order valence-corrected chi connectivity index (χ3v) is 11.3. The quantitative estimate of drug-likeness (QED) is 0.797. The van der Waals surface area contributed by atoms with E-state index in [1.165, 1.54) is 0 Å². The second-order valence-electron chi connectivity index (χ2n) is 9.28. The summed E-state index contributed by atoms with van der Waals surface area (Å²) < 4.78 is 18.8. The van der Waals surface area contributed by atoms with Gasteiger partial charge in [-0.2, -0.15) is 0 Å². The topological polar surface area (TPSA) is 47.9 Å². The minimum atomic E-state index is -1.77. The Hall–Kier alpha value is 0.0569. The summed E-state index contributed by atoms with van der Waals surface area (Å²) in [6.07, 6.45) is 3.67. The Morgan fingerprint density at radius 1 is 1.17 bits per heavy atom. The van der Waals surface area contributed by atoms with Crippen LogP contribution in [0.2, 0.25) is 18.1 Å². The van der Waals surface area contributed by atoms with Gasteiger partial charge in [-0.05, 0) is 49.2 Å². The average Bonchev–Trinajstić information content (AvgIpc) is 3.00. The first-order chi connectivity index (χ1) is 10.6. The molecular formula is C18H34O4Si. The van der Waals surface area contributed by atoms with Crippen molar-refractivity contribution in [1.82, 2.24) is 0 Å². The van der Waals surface area contributed by atoms with Crippen LogP contribution >= 0.6 is 0 Å². The molecule has 0 amide bonds. The van der Waals surface area contributed by atoms with Crippen molar-refractivity contribution < 1.29 is 19.0 Å². The van der Waals surface area contributed by atoms with E-state index in [1.54, 1.807) is 0 Å². The third kappa shape index (κ3) is 3.27. The number of fused-ring (bicyclic) bond motifs is 1. The van der Waals surface area contributed by atoms with Crippen LogP contribution in [0.5, 0.6) is 0 Å². The van der Waals surface area contributed by atoms with Crippen molar-refractivity contribution in [2.75, 3.05) is 19.8 Å². The van der Waals surface area contributed by atoms with Gasteiger partial charge >= 0.3 is 0 Å².